The summed E-state index contributed by atoms with van der Waals surface area (Å²) in [6.07, 6.45) is 0. The summed E-state index contributed by atoms with van der Waals surface area (Å²) in [4.78, 5) is 40.2. The number of carbonyl (C=O) groups excluding carboxylic acids is 3. The number of ether oxygens (including phenoxy) is 1. The summed E-state index contributed by atoms with van der Waals surface area (Å²) in [7, 11) is 1.55. The van der Waals surface area contributed by atoms with Crippen LogP contribution in [0.2, 0.25) is 0 Å². The molecule has 1 aliphatic heterocycles. The average molecular weight is 450 g/mol. The summed E-state index contributed by atoms with van der Waals surface area (Å²) in [5, 5.41) is 2.54. The van der Waals surface area contributed by atoms with Crippen molar-refractivity contribution in [3.63, 3.8) is 0 Å². The zero-order valence-corrected chi connectivity index (χ0v) is 16.9. The number of carbonyl (C=O) groups is 3. The molecular formula is C19H20BrN3O5. The summed E-state index contributed by atoms with van der Waals surface area (Å²) in [6, 6.07) is 10.1. The van der Waals surface area contributed by atoms with E-state index >= 15 is 0 Å². The van der Waals surface area contributed by atoms with Crippen LogP contribution in [-0.2, 0) is 4.79 Å². The van der Waals surface area contributed by atoms with Gasteiger partial charge in [0.15, 0.2) is 10.4 Å². The molecule has 0 bridgehead atoms. The molecule has 148 valence electrons. The first-order chi connectivity index (χ1) is 13.5. The van der Waals surface area contributed by atoms with E-state index in [-0.39, 0.29) is 24.1 Å². The first kappa shape index (κ1) is 19.9. The lowest BCUT2D eigenvalue weighted by Crippen LogP contribution is -2.52. The van der Waals surface area contributed by atoms with E-state index in [2.05, 4.69) is 21.2 Å². The van der Waals surface area contributed by atoms with Gasteiger partial charge in [-0.25, -0.2) is 0 Å². The maximum Gasteiger partial charge on any atom is 0.287 e. The van der Waals surface area contributed by atoms with E-state index in [9.17, 15) is 14.4 Å². The largest absolute Gasteiger partial charge is 0.497 e. The van der Waals surface area contributed by atoms with Gasteiger partial charge in [0.1, 0.15) is 5.75 Å². The van der Waals surface area contributed by atoms with Gasteiger partial charge in [0.25, 0.3) is 11.8 Å². The van der Waals surface area contributed by atoms with E-state index in [0.717, 1.165) is 0 Å². The highest BCUT2D eigenvalue weighted by Gasteiger charge is 2.25. The van der Waals surface area contributed by atoms with Crippen LogP contribution >= 0.6 is 15.9 Å². The summed E-state index contributed by atoms with van der Waals surface area (Å²) in [6.45, 7) is 1.57. The molecule has 0 radical (unpaired) electrons. The standard InChI is InChI=1S/C19H20BrN3O5/c1-27-14-4-2-3-13(11-14)19(26)23-9-7-22(8-10-23)17(24)12-21-18(25)15-5-6-16(20)28-15/h2-6,11H,7-10,12H2,1H3,(H,21,25). The van der Waals surface area contributed by atoms with Gasteiger partial charge in [-0.05, 0) is 46.3 Å². The number of nitrogens with zero attached hydrogens (tertiary/aromatic N) is 2. The summed E-state index contributed by atoms with van der Waals surface area (Å²) in [5.74, 6) is 0.00779. The SMILES string of the molecule is COc1cccc(C(=O)N2CCN(C(=O)CNC(=O)c3ccc(Br)o3)CC2)c1. The van der Waals surface area contributed by atoms with Crippen molar-refractivity contribution < 1.29 is 23.5 Å². The van der Waals surface area contributed by atoms with Crippen LogP contribution in [0, 0.1) is 0 Å². The molecule has 2 heterocycles. The van der Waals surface area contributed by atoms with E-state index in [4.69, 9.17) is 9.15 Å². The minimum atomic E-state index is -0.453. The van der Waals surface area contributed by atoms with Gasteiger partial charge in [-0.15, -0.1) is 0 Å². The average Bonchev–Trinajstić information content (AvgIpc) is 3.17. The van der Waals surface area contributed by atoms with Gasteiger partial charge < -0.3 is 24.3 Å². The molecule has 28 heavy (non-hydrogen) atoms. The van der Waals surface area contributed by atoms with E-state index in [1.54, 1.807) is 47.2 Å². The molecule has 2 aromatic rings. The fraction of sp³-hybridized carbons (Fsp3) is 0.316. The van der Waals surface area contributed by atoms with E-state index in [1.165, 1.54) is 6.07 Å². The van der Waals surface area contributed by atoms with Crippen LogP contribution < -0.4 is 10.1 Å². The number of rotatable bonds is 5. The van der Waals surface area contributed by atoms with Crippen molar-refractivity contribution in [2.45, 2.75) is 0 Å². The van der Waals surface area contributed by atoms with E-state index < -0.39 is 5.91 Å². The van der Waals surface area contributed by atoms with Crippen LogP contribution in [-0.4, -0.2) is 67.4 Å². The van der Waals surface area contributed by atoms with Crippen molar-refractivity contribution >= 4 is 33.7 Å². The first-order valence-electron chi connectivity index (χ1n) is 8.72. The van der Waals surface area contributed by atoms with Crippen molar-refractivity contribution in [3.8, 4) is 5.75 Å². The highest BCUT2D eigenvalue weighted by atomic mass is 79.9. The fourth-order valence-electron chi connectivity index (χ4n) is 2.89. The Morgan fingerprint density at radius 1 is 1.11 bits per heavy atom. The molecule has 3 rings (SSSR count). The number of benzene rings is 1. The molecular weight excluding hydrogens is 430 g/mol. The fourth-order valence-corrected chi connectivity index (χ4v) is 3.20. The molecule has 0 unspecified atom stereocenters. The van der Waals surface area contributed by atoms with Crippen molar-refractivity contribution in [1.82, 2.24) is 15.1 Å². The highest BCUT2D eigenvalue weighted by Crippen LogP contribution is 2.16. The summed E-state index contributed by atoms with van der Waals surface area (Å²) in [5.41, 5.74) is 0.552. The van der Waals surface area contributed by atoms with Gasteiger partial charge in [-0.1, -0.05) is 6.07 Å². The molecule has 0 saturated carbocycles. The minimum Gasteiger partial charge on any atom is -0.497 e. The van der Waals surface area contributed by atoms with Crippen LogP contribution in [0.1, 0.15) is 20.9 Å². The molecule has 9 heteroatoms. The molecule has 1 aliphatic rings. The van der Waals surface area contributed by atoms with Gasteiger partial charge in [0, 0.05) is 31.7 Å². The smallest absolute Gasteiger partial charge is 0.287 e. The van der Waals surface area contributed by atoms with Crippen LogP contribution in [0.3, 0.4) is 0 Å². The summed E-state index contributed by atoms with van der Waals surface area (Å²) < 4.78 is 10.7. The Bertz CT molecular complexity index is 874. The van der Waals surface area contributed by atoms with Crippen molar-refractivity contribution in [3.05, 3.63) is 52.4 Å². The number of halogens is 1. The molecule has 1 saturated heterocycles. The third kappa shape index (κ3) is 4.72. The third-order valence-electron chi connectivity index (χ3n) is 4.43. The molecule has 1 fully saturated rings. The zero-order chi connectivity index (χ0) is 20.1. The Hall–Kier alpha value is -2.81. The quantitative estimate of drug-likeness (QED) is 0.750. The Morgan fingerprint density at radius 3 is 2.46 bits per heavy atom. The van der Waals surface area contributed by atoms with Crippen molar-refractivity contribution in [2.24, 2.45) is 0 Å². The number of nitrogens with one attached hydrogen (secondary N) is 1. The number of furan rings is 1. The number of hydrogen-bond acceptors (Lipinski definition) is 5. The maximum atomic E-state index is 12.6. The van der Waals surface area contributed by atoms with Crippen LogP contribution in [0.15, 0.2) is 45.5 Å². The second kappa shape index (κ2) is 8.92. The molecule has 1 aromatic heterocycles. The molecule has 0 aliphatic carbocycles. The number of hydrogen-bond donors (Lipinski definition) is 1. The van der Waals surface area contributed by atoms with E-state index in [0.29, 0.717) is 42.2 Å². The predicted molar refractivity (Wildman–Crippen MR) is 104 cm³/mol. The van der Waals surface area contributed by atoms with E-state index in [1.807, 2.05) is 0 Å². The van der Waals surface area contributed by atoms with Crippen LogP contribution in [0.4, 0.5) is 0 Å². The Kier molecular flexibility index (Phi) is 6.35. The maximum absolute atomic E-state index is 12.6. The topological polar surface area (TPSA) is 92.1 Å². The minimum absolute atomic E-state index is 0.0947. The molecule has 1 aromatic carbocycles. The summed E-state index contributed by atoms with van der Waals surface area (Å²) >= 11 is 3.12. The number of amides is 3. The predicted octanol–water partition coefficient (Wildman–Crippen LogP) is 1.77. The van der Waals surface area contributed by atoms with Crippen LogP contribution in [0.25, 0.3) is 0 Å². The number of methoxy groups -OCH3 is 1. The third-order valence-corrected chi connectivity index (χ3v) is 4.86. The normalized spacial score (nSPS) is 13.9. The Balaban J connectivity index is 1.48. The second-order valence-electron chi connectivity index (χ2n) is 6.19. The van der Waals surface area contributed by atoms with Gasteiger partial charge in [-0.3, -0.25) is 14.4 Å². The lowest BCUT2D eigenvalue weighted by atomic mass is 10.1. The van der Waals surface area contributed by atoms with Gasteiger partial charge in [0.2, 0.25) is 5.91 Å². The Morgan fingerprint density at radius 2 is 1.82 bits per heavy atom. The number of piperazine rings is 1. The van der Waals surface area contributed by atoms with Gasteiger partial charge in [-0.2, -0.15) is 0 Å². The lowest BCUT2D eigenvalue weighted by Gasteiger charge is -2.34. The van der Waals surface area contributed by atoms with Gasteiger partial charge in [0.05, 0.1) is 13.7 Å². The first-order valence-corrected chi connectivity index (χ1v) is 9.52. The molecule has 1 N–H and O–H groups in total. The second-order valence-corrected chi connectivity index (χ2v) is 6.97. The van der Waals surface area contributed by atoms with Crippen LogP contribution in [0.5, 0.6) is 5.75 Å². The monoisotopic (exact) mass is 449 g/mol. The molecule has 8 nitrogen and oxygen atoms in total. The lowest BCUT2D eigenvalue weighted by molar-refractivity contribution is -0.131. The molecule has 0 atom stereocenters. The molecule has 3 amide bonds. The Labute approximate surface area is 170 Å². The van der Waals surface area contributed by atoms with Crippen molar-refractivity contribution in [2.75, 3.05) is 39.8 Å². The highest BCUT2D eigenvalue weighted by molar-refractivity contribution is 9.10. The van der Waals surface area contributed by atoms with Gasteiger partial charge >= 0.3 is 0 Å². The van der Waals surface area contributed by atoms with Crippen molar-refractivity contribution in [1.29, 1.82) is 0 Å². The zero-order valence-electron chi connectivity index (χ0n) is 15.3. The molecule has 0 spiro atoms.